The van der Waals surface area contributed by atoms with E-state index in [1.165, 1.54) is 18.2 Å². The number of thioether (sulfide) groups is 1. The molecule has 4 rings (SSSR count). The van der Waals surface area contributed by atoms with E-state index in [9.17, 15) is 9.59 Å². The maximum absolute atomic E-state index is 12.2. The van der Waals surface area contributed by atoms with Crippen LogP contribution in [-0.2, 0) is 14.3 Å². The standard InChI is InChI=1S/C26H27N3O3S/c30-24(27-21-14-8-3-9-15-21)17-32-25(31)18-33-26-28-22(19-10-4-1-5-11-19)16-23(29-26)20-12-6-2-7-13-20/h1-2,4-7,10-13,16,21H,3,8-9,14-15,17-18H2,(H,27,30). The van der Waals surface area contributed by atoms with Crippen LogP contribution in [0, 0.1) is 0 Å². The first kappa shape index (κ1) is 23.0. The monoisotopic (exact) mass is 461 g/mol. The second-order valence-electron chi connectivity index (χ2n) is 8.00. The van der Waals surface area contributed by atoms with Crippen LogP contribution in [0.4, 0.5) is 0 Å². The first-order valence-corrected chi connectivity index (χ1v) is 12.2. The van der Waals surface area contributed by atoms with Crippen LogP contribution in [0.2, 0.25) is 0 Å². The summed E-state index contributed by atoms with van der Waals surface area (Å²) in [4.78, 5) is 33.6. The van der Waals surface area contributed by atoms with Crippen LogP contribution in [-0.4, -0.2) is 40.2 Å². The van der Waals surface area contributed by atoms with Gasteiger partial charge in [0.25, 0.3) is 5.91 Å². The van der Waals surface area contributed by atoms with Gasteiger partial charge in [-0.15, -0.1) is 0 Å². The van der Waals surface area contributed by atoms with E-state index in [0.717, 1.165) is 48.2 Å². The average Bonchev–Trinajstić information content (AvgIpc) is 2.88. The van der Waals surface area contributed by atoms with Crippen LogP contribution in [0.15, 0.2) is 71.9 Å². The molecular formula is C26H27N3O3S. The summed E-state index contributed by atoms with van der Waals surface area (Å²) < 4.78 is 5.17. The van der Waals surface area contributed by atoms with Crippen molar-refractivity contribution >= 4 is 23.6 Å². The summed E-state index contributed by atoms with van der Waals surface area (Å²) in [7, 11) is 0. The fourth-order valence-corrected chi connectivity index (χ4v) is 4.49. The van der Waals surface area contributed by atoms with Crippen molar-refractivity contribution in [3.63, 3.8) is 0 Å². The topological polar surface area (TPSA) is 81.2 Å². The highest BCUT2D eigenvalue weighted by Gasteiger charge is 2.17. The summed E-state index contributed by atoms with van der Waals surface area (Å²) in [6.07, 6.45) is 5.48. The van der Waals surface area contributed by atoms with Crippen LogP contribution >= 0.6 is 11.8 Å². The molecule has 1 N–H and O–H groups in total. The Labute approximate surface area is 198 Å². The number of nitrogens with one attached hydrogen (secondary N) is 1. The summed E-state index contributed by atoms with van der Waals surface area (Å²) in [5, 5.41) is 3.44. The van der Waals surface area contributed by atoms with Gasteiger partial charge in [0.1, 0.15) is 0 Å². The third kappa shape index (κ3) is 6.89. The van der Waals surface area contributed by atoms with Crippen molar-refractivity contribution in [2.75, 3.05) is 12.4 Å². The second-order valence-corrected chi connectivity index (χ2v) is 8.95. The quantitative estimate of drug-likeness (QED) is 0.292. The molecule has 1 heterocycles. The molecule has 1 aromatic heterocycles. The molecule has 3 aromatic rings. The lowest BCUT2D eigenvalue weighted by atomic mass is 9.95. The van der Waals surface area contributed by atoms with E-state index >= 15 is 0 Å². The van der Waals surface area contributed by atoms with Crippen LogP contribution in [0.1, 0.15) is 32.1 Å². The van der Waals surface area contributed by atoms with Gasteiger partial charge in [0.05, 0.1) is 17.1 Å². The number of hydrogen-bond donors (Lipinski definition) is 1. The number of rotatable bonds is 8. The summed E-state index contributed by atoms with van der Waals surface area (Å²) in [6.45, 7) is -0.254. The van der Waals surface area contributed by atoms with E-state index in [-0.39, 0.29) is 24.3 Å². The Balaban J connectivity index is 1.38. The molecule has 0 spiro atoms. The molecule has 2 aromatic carbocycles. The van der Waals surface area contributed by atoms with E-state index in [0.29, 0.717) is 5.16 Å². The van der Waals surface area contributed by atoms with Gasteiger partial charge in [-0.25, -0.2) is 9.97 Å². The maximum atomic E-state index is 12.2. The summed E-state index contributed by atoms with van der Waals surface area (Å²) in [6, 6.07) is 21.9. The molecule has 0 bridgehead atoms. The van der Waals surface area contributed by atoms with E-state index in [2.05, 4.69) is 15.3 Å². The van der Waals surface area contributed by atoms with Gasteiger partial charge in [0, 0.05) is 17.2 Å². The molecule has 1 saturated carbocycles. The smallest absolute Gasteiger partial charge is 0.316 e. The molecule has 33 heavy (non-hydrogen) atoms. The Morgan fingerprint density at radius 2 is 1.45 bits per heavy atom. The van der Waals surface area contributed by atoms with Crippen molar-refractivity contribution in [2.45, 2.75) is 43.3 Å². The molecule has 6 nitrogen and oxygen atoms in total. The van der Waals surface area contributed by atoms with Crippen LogP contribution in [0.25, 0.3) is 22.5 Å². The summed E-state index contributed by atoms with van der Waals surface area (Å²) in [5.74, 6) is -0.675. The van der Waals surface area contributed by atoms with Gasteiger partial charge in [0.2, 0.25) is 0 Å². The highest BCUT2D eigenvalue weighted by atomic mass is 32.2. The third-order valence-corrected chi connectivity index (χ3v) is 6.32. The zero-order chi connectivity index (χ0) is 22.9. The molecule has 0 unspecified atom stereocenters. The van der Waals surface area contributed by atoms with Gasteiger partial charge in [-0.2, -0.15) is 0 Å². The molecule has 0 saturated heterocycles. The second kappa shape index (κ2) is 11.6. The van der Waals surface area contributed by atoms with Crippen LogP contribution in [0.5, 0.6) is 0 Å². The van der Waals surface area contributed by atoms with Crippen LogP contribution in [0.3, 0.4) is 0 Å². The van der Waals surface area contributed by atoms with E-state index in [1.807, 2.05) is 66.7 Å². The first-order valence-electron chi connectivity index (χ1n) is 11.2. The van der Waals surface area contributed by atoms with Crippen molar-refractivity contribution in [2.24, 2.45) is 0 Å². The Bertz CT molecular complexity index is 1010. The number of hydrogen-bond acceptors (Lipinski definition) is 6. The largest absolute Gasteiger partial charge is 0.455 e. The number of carbonyl (C=O) groups excluding carboxylic acids is 2. The molecule has 1 aliphatic rings. The number of benzene rings is 2. The number of nitrogens with zero attached hydrogens (tertiary/aromatic N) is 2. The number of ether oxygens (including phenoxy) is 1. The molecule has 7 heteroatoms. The van der Waals surface area contributed by atoms with E-state index in [1.54, 1.807) is 0 Å². The predicted octanol–water partition coefficient (Wildman–Crippen LogP) is 4.89. The lowest BCUT2D eigenvalue weighted by Crippen LogP contribution is -2.38. The normalized spacial score (nSPS) is 13.9. The van der Waals surface area contributed by atoms with Gasteiger partial charge in [-0.1, -0.05) is 91.7 Å². The lowest BCUT2D eigenvalue weighted by molar-refractivity contribution is -0.146. The average molecular weight is 462 g/mol. The minimum Gasteiger partial charge on any atom is -0.455 e. The zero-order valence-electron chi connectivity index (χ0n) is 18.4. The van der Waals surface area contributed by atoms with Crippen molar-refractivity contribution < 1.29 is 14.3 Å². The molecule has 0 radical (unpaired) electrons. The van der Waals surface area contributed by atoms with Crippen molar-refractivity contribution in [1.29, 1.82) is 0 Å². The number of amides is 1. The molecule has 1 aliphatic carbocycles. The molecule has 0 atom stereocenters. The lowest BCUT2D eigenvalue weighted by Gasteiger charge is -2.22. The van der Waals surface area contributed by atoms with Crippen LogP contribution < -0.4 is 5.32 Å². The Morgan fingerprint density at radius 3 is 2.03 bits per heavy atom. The van der Waals surface area contributed by atoms with E-state index in [4.69, 9.17) is 4.74 Å². The Kier molecular flexibility index (Phi) is 8.09. The van der Waals surface area contributed by atoms with Crippen molar-refractivity contribution in [3.8, 4) is 22.5 Å². The highest BCUT2D eigenvalue weighted by Crippen LogP contribution is 2.27. The number of esters is 1. The van der Waals surface area contributed by atoms with Gasteiger partial charge in [-0.3, -0.25) is 9.59 Å². The number of carbonyl (C=O) groups is 2. The van der Waals surface area contributed by atoms with Gasteiger partial charge < -0.3 is 10.1 Å². The molecule has 1 amide bonds. The fourth-order valence-electron chi connectivity index (χ4n) is 3.83. The van der Waals surface area contributed by atoms with Crippen molar-refractivity contribution in [1.82, 2.24) is 15.3 Å². The minimum atomic E-state index is -0.464. The molecular weight excluding hydrogens is 434 g/mol. The Morgan fingerprint density at radius 1 is 0.879 bits per heavy atom. The molecule has 170 valence electrons. The summed E-state index contributed by atoms with van der Waals surface area (Å²) in [5.41, 5.74) is 3.51. The first-order chi connectivity index (χ1) is 16.2. The van der Waals surface area contributed by atoms with Gasteiger partial charge in [-0.05, 0) is 18.9 Å². The third-order valence-electron chi connectivity index (χ3n) is 5.50. The van der Waals surface area contributed by atoms with E-state index < -0.39 is 5.97 Å². The predicted molar refractivity (Wildman–Crippen MR) is 130 cm³/mol. The fraction of sp³-hybridized carbons (Fsp3) is 0.308. The SMILES string of the molecule is O=C(COC(=O)CSc1nc(-c2ccccc2)cc(-c2ccccc2)n1)NC1CCCCC1. The molecule has 1 fully saturated rings. The summed E-state index contributed by atoms with van der Waals surface area (Å²) >= 11 is 1.21. The Hall–Kier alpha value is -3.19. The van der Waals surface area contributed by atoms with Gasteiger partial charge in [0.15, 0.2) is 11.8 Å². The van der Waals surface area contributed by atoms with Crippen molar-refractivity contribution in [3.05, 3.63) is 66.7 Å². The van der Waals surface area contributed by atoms with Gasteiger partial charge >= 0.3 is 5.97 Å². The molecule has 0 aliphatic heterocycles. The minimum absolute atomic E-state index is 0.0309. The number of aromatic nitrogens is 2. The highest BCUT2D eigenvalue weighted by molar-refractivity contribution is 7.99. The maximum Gasteiger partial charge on any atom is 0.316 e. The zero-order valence-corrected chi connectivity index (χ0v) is 19.2.